The van der Waals surface area contributed by atoms with Gasteiger partial charge in [-0.1, -0.05) is 54.6 Å². The Balaban J connectivity index is 1.54. The average Bonchev–Trinajstić information content (AvgIpc) is 3.42. The van der Waals surface area contributed by atoms with Crippen molar-refractivity contribution >= 4 is 11.6 Å². The van der Waals surface area contributed by atoms with Gasteiger partial charge in [0, 0.05) is 17.0 Å². The summed E-state index contributed by atoms with van der Waals surface area (Å²) in [6.07, 6.45) is 3.30. The summed E-state index contributed by atoms with van der Waals surface area (Å²) < 4.78 is 6.55. The van der Waals surface area contributed by atoms with E-state index in [0.717, 1.165) is 18.4 Å². The summed E-state index contributed by atoms with van der Waals surface area (Å²) in [5, 5.41) is 0. The van der Waals surface area contributed by atoms with E-state index in [4.69, 9.17) is 4.74 Å². The van der Waals surface area contributed by atoms with Crippen LogP contribution in [-0.4, -0.2) is 17.2 Å². The van der Waals surface area contributed by atoms with Crippen LogP contribution in [0.25, 0.3) is 0 Å². The highest BCUT2D eigenvalue weighted by molar-refractivity contribution is 6.32. The van der Waals surface area contributed by atoms with E-state index in [2.05, 4.69) is 12.1 Å². The maximum Gasteiger partial charge on any atom is 0.203 e. The summed E-state index contributed by atoms with van der Waals surface area (Å²) in [6.45, 7) is 0. The predicted octanol–water partition coefficient (Wildman–Crippen LogP) is 4.24. The summed E-state index contributed by atoms with van der Waals surface area (Å²) in [5.41, 5.74) is 0.915. The van der Waals surface area contributed by atoms with Gasteiger partial charge in [-0.3, -0.25) is 9.59 Å². The van der Waals surface area contributed by atoms with Gasteiger partial charge >= 0.3 is 0 Å². The lowest BCUT2D eigenvalue weighted by Gasteiger charge is -2.32. The van der Waals surface area contributed by atoms with Gasteiger partial charge in [0.05, 0.1) is 6.10 Å². The lowest BCUT2D eigenvalue weighted by molar-refractivity contribution is -0.0298. The number of hydrogen-bond donors (Lipinski definition) is 0. The van der Waals surface area contributed by atoms with Gasteiger partial charge in [0.25, 0.3) is 0 Å². The largest absolute Gasteiger partial charge is 0.350 e. The quantitative estimate of drug-likeness (QED) is 0.727. The molecule has 2 saturated carbocycles. The minimum Gasteiger partial charge on any atom is -0.350 e. The maximum absolute atomic E-state index is 13.5. The highest BCUT2D eigenvalue weighted by Crippen LogP contribution is 2.67. The van der Waals surface area contributed by atoms with Crippen molar-refractivity contribution in [2.24, 2.45) is 23.7 Å². The molecular weight excluding hydrogens is 324 g/mol. The first-order valence-corrected chi connectivity index (χ1v) is 9.63. The predicted molar refractivity (Wildman–Crippen MR) is 95.9 cm³/mol. The summed E-state index contributed by atoms with van der Waals surface area (Å²) in [4.78, 5) is 27.0. The molecule has 3 nitrogen and oxygen atoms in total. The molecule has 0 amide bonds. The Labute approximate surface area is 152 Å². The average molecular weight is 344 g/mol. The zero-order valence-corrected chi connectivity index (χ0v) is 14.4. The van der Waals surface area contributed by atoms with Crippen molar-refractivity contribution in [1.82, 2.24) is 0 Å². The summed E-state index contributed by atoms with van der Waals surface area (Å²) >= 11 is 0. The lowest BCUT2D eigenvalue weighted by Crippen LogP contribution is -2.49. The van der Waals surface area contributed by atoms with Crippen LogP contribution in [0.15, 0.2) is 54.6 Å². The SMILES string of the molecule is O=C1c2ccccc2C(=O)C12OC(c1ccccc1)C1C3CCC(C3)C12. The van der Waals surface area contributed by atoms with Gasteiger partial charge in [-0.05, 0) is 42.6 Å². The smallest absolute Gasteiger partial charge is 0.203 e. The lowest BCUT2D eigenvalue weighted by atomic mass is 9.68. The topological polar surface area (TPSA) is 43.4 Å². The number of benzene rings is 2. The Hall–Kier alpha value is -2.26. The van der Waals surface area contributed by atoms with Crippen molar-refractivity contribution in [2.45, 2.75) is 31.0 Å². The molecule has 3 heteroatoms. The van der Waals surface area contributed by atoms with Crippen LogP contribution in [-0.2, 0) is 4.74 Å². The van der Waals surface area contributed by atoms with Crippen molar-refractivity contribution in [3.05, 3.63) is 71.3 Å². The number of ether oxygens (including phenoxy) is 1. The summed E-state index contributed by atoms with van der Waals surface area (Å²) in [5.74, 6) is 1.11. The molecule has 1 heterocycles. The van der Waals surface area contributed by atoms with E-state index in [0.29, 0.717) is 23.0 Å². The molecule has 5 atom stereocenters. The van der Waals surface area contributed by atoms with E-state index in [1.807, 2.05) is 30.3 Å². The number of Topliss-reactive ketones (excluding diaryl/α,β-unsaturated/α-hetero) is 2. The van der Waals surface area contributed by atoms with Gasteiger partial charge in [0.1, 0.15) is 0 Å². The van der Waals surface area contributed by atoms with Crippen LogP contribution in [0.1, 0.15) is 51.6 Å². The van der Waals surface area contributed by atoms with Crippen LogP contribution >= 0.6 is 0 Å². The van der Waals surface area contributed by atoms with Gasteiger partial charge in [-0.25, -0.2) is 0 Å². The van der Waals surface area contributed by atoms with Crippen molar-refractivity contribution in [3.63, 3.8) is 0 Å². The third-order valence-corrected chi connectivity index (χ3v) is 7.33. The van der Waals surface area contributed by atoms with Gasteiger partial charge < -0.3 is 4.74 Å². The fourth-order valence-corrected chi connectivity index (χ4v) is 6.46. The van der Waals surface area contributed by atoms with E-state index >= 15 is 0 Å². The van der Waals surface area contributed by atoms with Crippen LogP contribution < -0.4 is 0 Å². The first-order valence-electron chi connectivity index (χ1n) is 9.63. The molecule has 3 fully saturated rings. The van der Waals surface area contributed by atoms with Gasteiger partial charge in [-0.15, -0.1) is 0 Å². The molecule has 2 aromatic carbocycles. The van der Waals surface area contributed by atoms with Crippen LogP contribution in [0.5, 0.6) is 0 Å². The normalized spacial score (nSPS) is 35.9. The van der Waals surface area contributed by atoms with E-state index in [1.54, 1.807) is 12.1 Å². The van der Waals surface area contributed by atoms with Gasteiger partial charge in [0.15, 0.2) is 5.60 Å². The minimum atomic E-state index is -1.28. The molecule has 4 aliphatic rings. The first-order chi connectivity index (χ1) is 12.7. The Bertz CT molecular complexity index is 896. The number of carbonyl (C=O) groups excluding carboxylic acids is 2. The van der Waals surface area contributed by atoms with E-state index < -0.39 is 5.60 Å². The molecule has 0 aromatic heterocycles. The third kappa shape index (κ3) is 1.59. The molecular formula is C23H20O3. The fourth-order valence-electron chi connectivity index (χ4n) is 6.46. The van der Waals surface area contributed by atoms with E-state index in [-0.39, 0.29) is 29.5 Å². The Kier molecular flexibility index (Phi) is 2.81. The molecule has 1 aliphatic heterocycles. The molecule has 2 aromatic rings. The standard InChI is InChI=1S/C23H20O3/c24-21-16-8-4-5-9-17(16)22(25)23(21)19-15-11-10-14(12-15)18(19)20(26-23)13-6-2-1-3-7-13/h1-9,14-15,18-20H,10-12H2. The summed E-state index contributed by atoms with van der Waals surface area (Å²) in [6, 6.07) is 17.4. The number of carbonyl (C=O) groups is 2. The maximum atomic E-state index is 13.5. The van der Waals surface area contributed by atoms with Crippen LogP contribution in [0.4, 0.5) is 0 Å². The molecule has 5 unspecified atom stereocenters. The molecule has 0 N–H and O–H groups in total. The zero-order valence-electron chi connectivity index (χ0n) is 14.4. The Morgan fingerprint density at radius 2 is 1.42 bits per heavy atom. The zero-order chi connectivity index (χ0) is 17.5. The number of rotatable bonds is 1. The van der Waals surface area contributed by atoms with E-state index in [1.165, 1.54) is 6.42 Å². The van der Waals surface area contributed by atoms with Crippen molar-refractivity contribution in [1.29, 1.82) is 0 Å². The molecule has 26 heavy (non-hydrogen) atoms. The number of ketones is 2. The van der Waals surface area contributed by atoms with Crippen LogP contribution in [0.3, 0.4) is 0 Å². The number of fused-ring (bicyclic) bond motifs is 7. The highest BCUT2D eigenvalue weighted by Gasteiger charge is 2.72. The fraction of sp³-hybridized carbons (Fsp3) is 0.391. The second-order valence-electron chi connectivity index (χ2n) is 8.32. The Morgan fingerprint density at radius 3 is 2.12 bits per heavy atom. The van der Waals surface area contributed by atoms with Crippen molar-refractivity contribution < 1.29 is 14.3 Å². The second kappa shape index (κ2) is 4.92. The number of hydrogen-bond acceptors (Lipinski definition) is 3. The summed E-state index contributed by atoms with van der Waals surface area (Å²) in [7, 11) is 0. The van der Waals surface area contributed by atoms with E-state index in [9.17, 15) is 9.59 Å². The molecule has 1 saturated heterocycles. The van der Waals surface area contributed by atoms with Gasteiger partial charge in [0.2, 0.25) is 11.6 Å². The Morgan fingerprint density at radius 1 is 0.808 bits per heavy atom. The molecule has 1 spiro atoms. The molecule has 3 aliphatic carbocycles. The van der Waals surface area contributed by atoms with Crippen molar-refractivity contribution in [2.75, 3.05) is 0 Å². The molecule has 130 valence electrons. The van der Waals surface area contributed by atoms with Crippen LogP contribution in [0.2, 0.25) is 0 Å². The second-order valence-corrected chi connectivity index (χ2v) is 8.32. The molecule has 2 bridgehead atoms. The van der Waals surface area contributed by atoms with Crippen LogP contribution in [0, 0.1) is 23.7 Å². The minimum absolute atomic E-state index is 0.0267. The molecule has 0 radical (unpaired) electrons. The monoisotopic (exact) mass is 344 g/mol. The molecule has 6 rings (SSSR count). The highest BCUT2D eigenvalue weighted by atomic mass is 16.5. The first kappa shape index (κ1) is 14.9. The van der Waals surface area contributed by atoms with Gasteiger partial charge in [-0.2, -0.15) is 0 Å². The van der Waals surface area contributed by atoms with Crippen molar-refractivity contribution in [3.8, 4) is 0 Å². The third-order valence-electron chi connectivity index (χ3n) is 7.33.